The second-order valence-electron chi connectivity index (χ2n) is 9.85. The highest BCUT2D eigenvalue weighted by molar-refractivity contribution is 5.50. The van der Waals surface area contributed by atoms with Gasteiger partial charge in [0.25, 0.3) is 0 Å². The van der Waals surface area contributed by atoms with Crippen LogP contribution < -0.4 is 14.2 Å². The van der Waals surface area contributed by atoms with Crippen LogP contribution in [0.3, 0.4) is 0 Å². The molecule has 3 unspecified atom stereocenters. The molecule has 0 aromatic heterocycles. The summed E-state index contributed by atoms with van der Waals surface area (Å²) < 4.78 is 33.7. The van der Waals surface area contributed by atoms with Crippen molar-refractivity contribution in [3.63, 3.8) is 0 Å². The lowest BCUT2D eigenvalue weighted by molar-refractivity contribution is 0.261. The fraction of sp³-hybridized carbons (Fsp3) is 0.400. The lowest BCUT2D eigenvalue weighted by Gasteiger charge is -2.22. The van der Waals surface area contributed by atoms with Crippen LogP contribution >= 0.6 is 0 Å². The highest BCUT2D eigenvalue weighted by atomic mass is 16.6. The van der Waals surface area contributed by atoms with Crippen LogP contribution in [-0.4, -0.2) is 58.0 Å². The molecule has 0 amide bonds. The molecule has 6 rings (SSSR count). The first-order valence-electron chi connectivity index (χ1n) is 12.7. The van der Waals surface area contributed by atoms with E-state index in [-0.39, 0.29) is 24.2 Å². The quantitative estimate of drug-likeness (QED) is 0.269. The maximum Gasteiger partial charge on any atom is 0.122 e. The minimum atomic E-state index is 0.0600. The molecule has 3 aromatic carbocycles. The first-order valence-corrected chi connectivity index (χ1v) is 12.7. The van der Waals surface area contributed by atoms with Crippen LogP contribution in [-0.2, 0) is 14.2 Å². The Bertz CT molecular complexity index is 1130. The van der Waals surface area contributed by atoms with Gasteiger partial charge in [-0.2, -0.15) is 0 Å². The molecule has 188 valence electrons. The third kappa shape index (κ3) is 5.84. The molecule has 3 saturated heterocycles. The number of ether oxygens (including phenoxy) is 6. The highest BCUT2D eigenvalue weighted by Crippen LogP contribution is 2.37. The van der Waals surface area contributed by atoms with Gasteiger partial charge in [-0.3, -0.25) is 0 Å². The topological polar surface area (TPSA) is 65.3 Å². The molecular formula is C30H32O6. The molecule has 0 N–H and O–H groups in total. The Morgan fingerprint density at radius 2 is 1.03 bits per heavy atom. The molecule has 3 atom stereocenters. The molecule has 0 bridgehead atoms. The standard InChI is InChI=1S/C30H32O6/c1-19-11-22(5-9-28(19)35-17-26-15-33-26)30(21-3-7-24(8-4-21)31-13-25-14-32-25)23-6-10-29(20(2)12-23)36-18-27-16-34-27/h3-12,25-27,30H,13-18H2,1-2H3. The van der Waals surface area contributed by atoms with Crippen LogP contribution in [0.25, 0.3) is 0 Å². The summed E-state index contributed by atoms with van der Waals surface area (Å²) >= 11 is 0. The van der Waals surface area contributed by atoms with Crippen LogP contribution in [0, 0.1) is 13.8 Å². The minimum Gasteiger partial charge on any atom is -0.491 e. The number of epoxide rings is 3. The van der Waals surface area contributed by atoms with Crippen molar-refractivity contribution in [3.05, 3.63) is 88.5 Å². The van der Waals surface area contributed by atoms with Crippen molar-refractivity contribution in [1.82, 2.24) is 0 Å². The normalized spacial score (nSPS) is 22.6. The number of benzene rings is 3. The Hall–Kier alpha value is -3.06. The van der Waals surface area contributed by atoms with Gasteiger partial charge in [-0.05, 0) is 65.9 Å². The largest absolute Gasteiger partial charge is 0.491 e. The van der Waals surface area contributed by atoms with Crippen molar-refractivity contribution in [2.75, 3.05) is 39.6 Å². The molecule has 3 aliphatic rings. The van der Waals surface area contributed by atoms with Crippen LogP contribution in [0.2, 0.25) is 0 Å². The summed E-state index contributed by atoms with van der Waals surface area (Å²) in [5.74, 6) is 2.73. The average Bonchev–Trinajstić information content (AvgIpc) is 3.74. The van der Waals surface area contributed by atoms with E-state index in [4.69, 9.17) is 28.4 Å². The molecule has 3 fully saturated rings. The van der Waals surface area contributed by atoms with Gasteiger partial charge in [0.1, 0.15) is 55.4 Å². The van der Waals surface area contributed by atoms with Crippen molar-refractivity contribution in [2.45, 2.75) is 38.1 Å². The zero-order chi connectivity index (χ0) is 24.5. The van der Waals surface area contributed by atoms with E-state index in [0.29, 0.717) is 19.8 Å². The number of aryl methyl sites for hydroxylation is 2. The van der Waals surface area contributed by atoms with Gasteiger partial charge in [-0.1, -0.05) is 36.4 Å². The number of hydrogen-bond donors (Lipinski definition) is 0. The van der Waals surface area contributed by atoms with E-state index in [1.165, 1.54) is 16.7 Å². The van der Waals surface area contributed by atoms with Gasteiger partial charge in [0.15, 0.2) is 0 Å². The molecule has 0 spiro atoms. The maximum absolute atomic E-state index is 5.98. The van der Waals surface area contributed by atoms with Gasteiger partial charge in [0.05, 0.1) is 19.8 Å². The van der Waals surface area contributed by atoms with E-state index in [1.807, 2.05) is 12.1 Å². The lowest BCUT2D eigenvalue weighted by Crippen LogP contribution is -2.09. The average molecular weight is 489 g/mol. The van der Waals surface area contributed by atoms with Crippen molar-refractivity contribution in [2.24, 2.45) is 0 Å². The molecule has 6 nitrogen and oxygen atoms in total. The third-order valence-corrected chi connectivity index (χ3v) is 6.77. The number of hydrogen-bond acceptors (Lipinski definition) is 6. The SMILES string of the molecule is Cc1cc(C(c2ccc(OCC3CO3)cc2)c2ccc(OCC3CO3)c(C)c2)ccc1OCC1CO1. The molecule has 36 heavy (non-hydrogen) atoms. The van der Waals surface area contributed by atoms with Gasteiger partial charge in [0, 0.05) is 5.92 Å². The van der Waals surface area contributed by atoms with Crippen molar-refractivity contribution < 1.29 is 28.4 Å². The summed E-state index contributed by atoms with van der Waals surface area (Å²) in [6, 6.07) is 21.3. The van der Waals surface area contributed by atoms with Crippen LogP contribution in [0.5, 0.6) is 17.2 Å². The molecule has 0 aliphatic carbocycles. The summed E-state index contributed by atoms with van der Waals surface area (Å²) in [6.45, 7) is 8.37. The van der Waals surface area contributed by atoms with E-state index in [2.05, 4.69) is 62.4 Å². The monoisotopic (exact) mass is 488 g/mol. The first-order chi connectivity index (χ1) is 17.6. The molecule has 0 saturated carbocycles. The second-order valence-corrected chi connectivity index (χ2v) is 9.85. The smallest absolute Gasteiger partial charge is 0.122 e. The minimum absolute atomic E-state index is 0.0600. The Balaban J connectivity index is 1.28. The highest BCUT2D eigenvalue weighted by Gasteiger charge is 2.26. The summed E-state index contributed by atoms with van der Waals surface area (Å²) in [4.78, 5) is 0. The summed E-state index contributed by atoms with van der Waals surface area (Å²) in [5.41, 5.74) is 5.85. The predicted molar refractivity (Wildman–Crippen MR) is 135 cm³/mol. The second kappa shape index (κ2) is 10.1. The van der Waals surface area contributed by atoms with E-state index in [1.54, 1.807) is 0 Å². The summed E-state index contributed by atoms with van der Waals surface area (Å²) in [6.07, 6.45) is 0.709. The van der Waals surface area contributed by atoms with Gasteiger partial charge in [0.2, 0.25) is 0 Å². The molecule has 3 aliphatic heterocycles. The number of rotatable bonds is 12. The first kappa shape index (κ1) is 23.3. The lowest BCUT2D eigenvalue weighted by atomic mass is 9.84. The van der Waals surface area contributed by atoms with Gasteiger partial charge < -0.3 is 28.4 Å². The van der Waals surface area contributed by atoms with Gasteiger partial charge in [-0.25, -0.2) is 0 Å². The van der Waals surface area contributed by atoms with Crippen molar-refractivity contribution >= 4 is 0 Å². The van der Waals surface area contributed by atoms with Crippen molar-refractivity contribution in [3.8, 4) is 17.2 Å². The van der Waals surface area contributed by atoms with Crippen LogP contribution in [0.15, 0.2) is 60.7 Å². The van der Waals surface area contributed by atoms with Gasteiger partial charge >= 0.3 is 0 Å². The zero-order valence-electron chi connectivity index (χ0n) is 20.8. The Morgan fingerprint density at radius 3 is 1.44 bits per heavy atom. The van der Waals surface area contributed by atoms with E-state index < -0.39 is 0 Å². The maximum atomic E-state index is 5.98. The Labute approximate surface area is 212 Å². The fourth-order valence-corrected chi connectivity index (χ4v) is 4.41. The van der Waals surface area contributed by atoms with Crippen LogP contribution in [0.4, 0.5) is 0 Å². The molecular weight excluding hydrogens is 456 g/mol. The summed E-state index contributed by atoms with van der Waals surface area (Å²) in [5, 5.41) is 0. The molecule has 6 heteroatoms. The predicted octanol–water partition coefficient (Wildman–Crippen LogP) is 4.82. The summed E-state index contributed by atoms with van der Waals surface area (Å²) in [7, 11) is 0. The van der Waals surface area contributed by atoms with Crippen molar-refractivity contribution in [1.29, 1.82) is 0 Å². The fourth-order valence-electron chi connectivity index (χ4n) is 4.41. The molecule has 3 heterocycles. The van der Waals surface area contributed by atoms with E-state index >= 15 is 0 Å². The third-order valence-electron chi connectivity index (χ3n) is 6.77. The molecule has 3 aromatic rings. The zero-order valence-corrected chi connectivity index (χ0v) is 20.8. The van der Waals surface area contributed by atoms with Crippen LogP contribution in [0.1, 0.15) is 33.7 Å². The van der Waals surface area contributed by atoms with E-state index in [9.17, 15) is 0 Å². The Morgan fingerprint density at radius 1 is 0.611 bits per heavy atom. The molecule has 0 radical (unpaired) electrons. The Kier molecular flexibility index (Phi) is 6.57. The van der Waals surface area contributed by atoms with Gasteiger partial charge in [-0.15, -0.1) is 0 Å². The van der Waals surface area contributed by atoms with E-state index in [0.717, 1.165) is 48.2 Å².